The third kappa shape index (κ3) is 6.24. The van der Waals surface area contributed by atoms with Crippen LogP contribution in [-0.4, -0.2) is 79.4 Å². The Morgan fingerprint density at radius 2 is 1.77 bits per heavy atom. The van der Waals surface area contributed by atoms with Gasteiger partial charge in [-0.25, -0.2) is 0 Å². The smallest absolute Gasteiger partial charge is 0.252 e. The molecule has 2 aromatic carbocycles. The molecule has 3 unspecified atom stereocenters. The van der Waals surface area contributed by atoms with E-state index in [1.807, 2.05) is 23.1 Å². The number of benzene rings is 2. The van der Waals surface area contributed by atoms with Crippen LogP contribution in [0.1, 0.15) is 10.4 Å². The molecule has 2 heterocycles. The molecule has 0 aromatic heterocycles. The standard InChI is InChI=1S/C24H30N6O4S/c1-34-18-9-7-16(8-10-18)22(32)26-20-21(25)27-24(28-23(20)33)35-15-19(31)30-13-11-29(12-14-30)17-5-3-2-4-6-17/h2-10,20-21,24,27H,11-15,25H2,1H3,(H,26,32)(H,28,33). The van der Waals surface area contributed by atoms with Gasteiger partial charge in [-0.05, 0) is 36.4 Å². The predicted octanol–water partition coefficient (Wildman–Crippen LogP) is 0.163. The number of carbonyl (C=O) groups is 3. The van der Waals surface area contributed by atoms with Gasteiger partial charge >= 0.3 is 0 Å². The Hall–Kier alpha value is -3.28. The zero-order valence-electron chi connectivity index (χ0n) is 19.5. The van der Waals surface area contributed by atoms with Gasteiger partial charge in [-0.2, -0.15) is 0 Å². The third-order valence-electron chi connectivity index (χ3n) is 6.02. The van der Waals surface area contributed by atoms with Crippen LogP contribution in [0.5, 0.6) is 5.75 Å². The van der Waals surface area contributed by atoms with Crippen LogP contribution < -0.4 is 31.3 Å². The Labute approximate surface area is 208 Å². The van der Waals surface area contributed by atoms with Crippen LogP contribution in [0.15, 0.2) is 54.6 Å². The van der Waals surface area contributed by atoms with Crippen molar-refractivity contribution in [3.8, 4) is 5.75 Å². The minimum atomic E-state index is -0.941. The molecule has 2 saturated heterocycles. The maximum Gasteiger partial charge on any atom is 0.252 e. The molecular formula is C24H30N6O4S. The minimum Gasteiger partial charge on any atom is -0.497 e. The first-order chi connectivity index (χ1) is 16.9. The number of nitrogens with zero attached hydrogens (tertiary/aromatic N) is 2. The van der Waals surface area contributed by atoms with Gasteiger partial charge < -0.3 is 30.9 Å². The van der Waals surface area contributed by atoms with Gasteiger partial charge in [0.05, 0.1) is 19.0 Å². The number of hydrogen-bond acceptors (Lipinski definition) is 8. The first-order valence-electron chi connectivity index (χ1n) is 11.4. The average Bonchev–Trinajstić information content (AvgIpc) is 2.90. The summed E-state index contributed by atoms with van der Waals surface area (Å²) < 4.78 is 5.09. The van der Waals surface area contributed by atoms with Crippen molar-refractivity contribution >= 4 is 35.2 Å². The molecule has 0 aliphatic carbocycles. The van der Waals surface area contributed by atoms with Crippen molar-refractivity contribution in [2.75, 3.05) is 43.9 Å². The monoisotopic (exact) mass is 498 g/mol. The number of ether oxygens (including phenoxy) is 1. The van der Waals surface area contributed by atoms with E-state index in [2.05, 4.69) is 33.0 Å². The number of methoxy groups -OCH3 is 1. The van der Waals surface area contributed by atoms with Gasteiger partial charge in [0.1, 0.15) is 17.3 Å². The van der Waals surface area contributed by atoms with Crippen LogP contribution in [0.2, 0.25) is 0 Å². The fourth-order valence-corrected chi connectivity index (χ4v) is 4.95. The number of anilines is 1. The van der Waals surface area contributed by atoms with Gasteiger partial charge in [0, 0.05) is 37.4 Å². The highest BCUT2D eigenvalue weighted by Crippen LogP contribution is 2.18. The lowest BCUT2D eigenvalue weighted by atomic mass is 10.1. The molecule has 0 bridgehead atoms. The maximum atomic E-state index is 12.7. The van der Waals surface area contributed by atoms with Gasteiger partial charge in [0.15, 0.2) is 0 Å². The molecule has 3 atom stereocenters. The van der Waals surface area contributed by atoms with Gasteiger partial charge in [0.2, 0.25) is 11.8 Å². The minimum absolute atomic E-state index is 0.0160. The second-order valence-electron chi connectivity index (χ2n) is 8.28. The van der Waals surface area contributed by atoms with Gasteiger partial charge in [-0.15, -0.1) is 11.8 Å². The molecule has 5 N–H and O–H groups in total. The van der Waals surface area contributed by atoms with Crippen molar-refractivity contribution < 1.29 is 19.1 Å². The van der Waals surface area contributed by atoms with Crippen molar-refractivity contribution in [2.24, 2.45) is 5.73 Å². The Morgan fingerprint density at radius 3 is 2.40 bits per heavy atom. The van der Waals surface area contributed by atoms with Crippen molar-refractivity contribution in [3.05, 3.63) is 60.2 Å². The van der Waals surface area contributed by atoms with E-state index in [1.165, 1.54) is 11.8 Å². The highest BCUT2D eigenvalue weighted by Gasteiger charge is 2.36. The van der Waals surface area contributed by atoms with Gasteiger partial charge in [-0.1, -0.05) is 18.2 Å². The number of nitrogens with two attached hydrogens (primary N) is 1. The lowest BCUT2D eigenvalue weighted by molar-refractivity contribution is -0.129. The Balaban J connectivity index is 1.22. The van der Waals surface area contributed by atoms with Gasteiger partial charge in [-0.3, -0.25) is 19.7 Å². The molecule has 3 amide bonds. The fourth-order valence-electron chi connectivity index (χ4n) is 4.01. The topological polar surface area (TPSA) is 129 Å². The first kappa shape index (κ1) is 24.8. The summed E-state index contributed by atoms with van der Waals surface area (Å²) in [5, 5.41) is 8.49. The number of carbonyl (C=O) groups excluding carboxylic acids is 3. The number of piperazine rings is 1. The molecule has 0 spiro atoms. The van der Waals surface area contributed by atoms with Crippen LogP contribution in [0.3, 0.4) is 0 Å². The highest BCUT2D eigenvalue weighted by atomic mass is 32.2. The third-order valence-corrected chi connectivity index (χ3v) is 7.03. The first-order valence-corrected chi connectivity index (χ1v) is 12.5. The molecular weight excluding hydrogens is 468 g/mol. The Kier molecular flexibility index (Phi) is 8.11. The Morgan fingerprint density at radius 1 is 1.09 bits per heavy atom. The van der Waals surface area contributed by atoms with E-state index in [1.54, 1.807) is 31.4 Å². The number of nitrogens with one attached hydrogen (secondary N) is 3. The summed E-state index contributed by atoms with van der Waals surface area (Å²) in [6.07, 6.45) is -0.798. The maximum absolute atomic E-state index is 12.7. The van der Waals surface area contributed by atoms with E-state index in [4.69, 9.17) is 10.5 Å². The summed E-state index contributed by atoms with van der Waals surface area (Å²) in [5.41, 5.74) is 7.15. The number of rotatable bonds is 7. The largest absolute Gasteiger partial charge is 0.497 e. The summed E-state index contributed by atoms with van der Waals surface area (Å²) in [4.78, 5) is 41.9. The molecule has 2 aliphatic heterocycles. The van der Waals surface area contributed by atoms with E-state index >= 15 is 0 Å². The lowest BCUT2D eigenvalue weighted by Crippen LogP contribution is -2.70. The zero-order valence-corrected chi connectivity index (χ0v) is 20.3. The molecule has 11 heteroatoms. The molecule has 0 saturated carbocycles. The number of para-hydroxylation sites is 1. The van der Waals surface area contributed by atoms with E-state index in [-0.39, 0.29) is 11.7 Å². The predicted molar refractivity (Wildman–Crippen MR) is 135 cm³/mol. The van der Waals surface area contributed by atoms with Crippen LogP contribution in [0.4, 0.5) is 5.69 Å². The molecule has 2 fully saturated rings. The highest BCUT2D eigenvalue weighted by molar-refractivity contribution is 8.00. The van der Waals surface area contributed by atoms with Crippen LogP contribution in [0.25, 0.3) is 0 Å². The molecule has 10 nitrogen and oxygen atoms in total. The van der Waals surface area contributed by atoms with Crippen molar-refractivity contribution in [3.63, 3.8) is 0 Å². The second kappa shape index (κ2) is 11.4. The lowest BCUT2D eigenvalue weighted by Gasteiger charge is -2.37. The molecule has 0 radical (unpaired) electrons. The van der Waals surface area contributed by atoms with Crippen LogP contribution >= 0.6 is 11.8 Å². The molecule has 2 aromatic rings. The second-order valence-corrected chi connectivity index (χ2v) is 9.37. The fraction of sp³-hybridized carbons (Fsp3) is 0.375. The summed E-state index contributed by atoms with van der Waals surface area (Å²) in [5.74, 6) is 0.0318. The quantitative estimate of drug-likeness (QED) is 0.425. The van der Waals surface area contributed by atoms with E-state index in [0.717, 1.165) is 18.8 Å². The summed E-state index contributed by atoms with van der Waals surface area (Å²) in [6, 6.07) is 15.8. The number of thioether (sulfide) groups is 1. The van der Waals surface area contributed by atoms with Crippen LogP contribution in [0, 0.1) is 0 Å². The summed E-state index contributed by atoms with van der Waals surface area (Å²) >= 11 is 1.27. The van der Waals surface area contributed by atoms with Crippen molar-refractivity contribution in [2.45, 2.75) is 17.7 Å². The molecule has 186 valence electrons. The van der Waals surface area contributed by atoms with Crippen molar-refractivity contribution in [1.29, 1.82) is 0 Å². The molecule has 4 rings (SSSR count). The molecule has 35 heavy (non-hydrogen) atoms. The molecule has 2 aliphatic rings. The zero-order chi connectivity index (χ0) is 24.8. The normalized spacial score (nSPS) is 22.3. The van der Waals surface area contributed by atoms with Gasteiger partial charge in [0.25, 0.3) is 5.91 Å². The summed E-state index contributed by atoms with van der Waals surface area (Å²) in [7, 11) is 1.54. The van der Waals surface area contributed by atoms with Crippen LogP contribution in [-0.2, 0) is 9.59 Å². The number of amides is 3. The average molecular weight is 499 g/mol. The SMILES string of the molecule is COc1ccc(C(=O)NC2C(=O)NC(SCC(=O)N3CCN(c4ccccc4)CC3)NC2N)cc1. The van der Waals surface area contributed by atoms with Crippen molar-refractivity contribution in [1.82, 2.24) is 20.9 Å². The van der Waals surface area contributed by atoms with E-state index < -0.39 is 29.5 Å². The van der Waals surface area contributed by atoms with E-state index in [0.29, 0.717) is 24.4 Å². The number of hydrogen-bond donors (Lipinski definition) is 4. The summed E-state index contributed by atoms with van der Waals surface area (Å²) in [6.45, 7) is 2.86. The van der Waals surface area contributed by atoms with E-state index in [9.17, 15) is 14.4 Å². The Bertz CT molecular complexity index is 1030.